The van der Waals surface area contributed by atoms with Crippen molar-refractivity contribution in [3.05, 3.63) is 29.8 Å². The minimum atomic E-state index is -0.794. The Labute approximate surface area is 152 Å². The van der Waals surface area contributed by atoms with Crippen LogP contribution >= 0.6 is 0 Å². The lowest BCUT2D eigenvalue weighted by atomic mass is 9.92. The lowest BCUT2D eigenvalue weighted by molar-refractivity contribution is -0.142. The highest BCUT2D eigenvalue weighted by atomic mass is 16.4. The molecule has 0 radical (unpaired) electrons. The lowest BCUT2D eigenvalue weighted by Crippen LogP contribution is -2.39. The molecular weight excluding hydrogens is 332 g/mol. The van der Waals surface area contributed by atoms with Crippen LogP contribution in [0.3, 0.4) is 0 Å². The third kappa shape index (κ3) is 3.20. The van der Waals surface area contributed by atoms with E-state index in [1.807, 2.05) is 24.3 Å². The van der Waals surface area contributed by atoms with E-state index in [1.165, 1.54) is 0 Å². The summed E-state index contributed by atoms with van der Waals surface area (Å²) in [6.07, 6.45) is 3.61. The van der Waals surface area contributed by atoms with Crippen molar-refractivity contribution in [2.75, 3.05) is 24.5 Å². The van der Waals surface area contributed by atoms with Gasteiger partial charge in [-0.25, -0.2) is 0 Å². The van der Waals surface area contributed by atoms with Crippen molar-refractivity contribution in [3.8, 4) is 0 Å². The summed E-state index contributed by atoms with van der Waals surface area (Å²) in [4.78, 5) is 39.9. The van der Waals surface area contributed by atoms with Gasteiger partial charge in [0, 0.05) is 38.2 Å². The van der Waals surface area contributed by atoms with Crippen LogP contribution in [-0.2, 0) is 20.8 Å². The summed E-state index contributed by atoms with van der Waals surface area (Å²) in [6.45, 7) is 1.21. The molecule has 0 unspecified atom stereocenters. The second-order valence-corrected chi connectivity index (χ2v) is 7.67. The maximum Gasteiger partial charge on any atom is 0.308 e. The number of nitrogens with zero attached hydrogens (tertiary/aromatic N) is 2. The van der Waals surface area contributed by atoms with Gasteiger partial charge in [0.15, 0.2) is 0 Å². The third-order valence-corrected chi connectivity index (χ3v) is 6.00. The highest BCUT2D eigenvalue weighted by Crippen LogP contribution is 2.44. The van der Waals surface area contributed by atoms with Crippen molar-refractivity contribution in [1.82, 2.24) is 4.90 Å². The van der Waals surface area contributed by atoms with Gasteiger partial charge >= 0.3 is 5.97 Å². The maximum absolute atomic E-state index is 12.7. The van der Waals surface area contributed by atoms with Gasteiger partial charge in [-0.15, -0.1) is 0 Å². The molecule has 0 bridgehead atoms. The average molecular weight is 356 g/mol. The molecule has 1 aliphatic carbocycles. The number of carbonyl (C=O) groups excluding carboxylic acids is 2. The summed E-state index contributed by atoms with van der Waals surface area (Å²) >= 11 is 0. The quantitative estimate of drug-likeness (QED) is 0.874. The molecule has 6 nitrogen and oxygen atoms in total. The minimum Gasteiger partial charge on any atom is -0.481 e. The largest absolute Gasteiger partial charge is 0.481 e. The fraction of sp³-hybridized carbons (Fsp3) is 0.550. The van der Waals surface area contributed by atoms with Crippen molar-refractivity contribution in [2.24, 2.45) is 17.8 Å². The fourth-order valence-corrected chi connectivity index (χ4v) is 4.40. The summed E-state index contributed by atoms with van der Waals surface area (Å²) < 4.78 is 0. The molecular formula is C20H24N2O4. The minimum absolute atomic E-state index is 0.0461. The Bertz CT molecular complexity index is 743. The Morgan fingerprint density at radius 2 is 1.88 bits per heavy atom. The van der Waals surface area contributed by atoms with E-state index in [4.69, 9.17) is 0 Å². The van der Waals surface area contributed by atoms with Crippen molar-refractivity contribution in [3.63, 3.8) is 0 Å². The summed E-state index contributed by atoms with van der Waals surface area (Å²) in [5.41, 5.74) is 2.04. The number of carboxylic acids is 1. The Kier molecular flexibility index (Phi) is 4.42. The number of hydrogen-bond donors (Lipinski definition) is 1. The molecule has 2 fully saturated rings. The first-order chi connectivity index (χ1) is 12.5. The second kappa shape index (κ2) is 6.74. The number of aliphatic carboxylic acids is 1. The summed E-state index contributed by atoms with van der Waals surface area (Å²) in [7, 11) is 0. The zero-order valence-corrected chi connectivity index (χ0v) is 14.8. The number of anilines is 1. The molecule has 138 valence electrons. The van der Waals surface area contributed by atoms with Gasteiger partial charge in [0.05, 0.1) is 5.92 Å². The predicted molar refractivity (Wildman–Crippen MR) is 95.7 cm³/mol. The van der Waals surface area contributed by atoms with Crippen LogP contribution in [0.2, 0.25) is 0 Å². The van der Waals surface area contributed by atoms with Crippen LogP contribution in [0.1, 0.15) is 31.2 Å². The highest BCUT2D eigenvalue weighted by molar-refractivity contribution is 5.97. The van der Waals surface area contributed by atoms with Gasteiger partial charge in [-0.2, -0.15) is 0 Å². The SMILES string of the molecule is O=C(O)[C@H]1CN(C(=O)CCN2C(=O)CCc3ccccc32)C[C@@H]1C1CC1. The van der Waals surface area contributed by atoms with E-state index in [0.717, 1.165) is 30.5 Å². The van der Waals surface area contributed by atoms with Crippen molar-refractivity contribution < 1.29 is 19.5 Å². The Hall–Kier alpha value is -2.37. The van der Waals surface area contributed by atoms with Gasteiger partial charge in [-0.3, -0.25) is 14.4 Å². The van der Waals surface area contributed by atoms with Gasteiger partial charge in [0.2, 0.25) is 11.8 Å². The summed E-state index contributed by atoms with van der Waals surface area (Å²) in [6, 6.07) is 7.82. The molecule has 1 saturated carbocycles. The number of likely N-dealkylation sites (tertiary alicyclic amines) is 1. The smallest absolute Gasteiger partial charge is 0.308 e. The molecule has 2 atom stereocenters. The first kappa shape index (κ1) is 17.1. The number of benzene rings is 1. The van der Waals surface area contributed by atoms with E-state index in [1.54, 1.807) is 9.80 Å². The molecule has 2 amide bonds. The number of amides is 2. The zero-order chi connectivity index (χ0) is 18.3. The number of para-hydroxylation sites is 1. The Balaban J connectivity index is 1.40. The molecule has 26 heavy (non-hydrogen) atoms. The molecule has 1 N–H and O–H groups in total. The van der Waals surface area contributed by atoms with Gasteiger partial charge in [-0.05, 0) is 42.7 Å². The van der Waals surface area contributed by atoms with Crippen LogP contribution in [0, 0.1) is 17.8 Å². The van der Waals surface area contributed by atoms with E-state index < -0.39 is 11.9 Å². The van der Waals surface area contributed by atoms with Crippen LogP contribution in [0.4, 0.5) is 5.69 Å². The third-order valence-electron chi connectivity index (χ3n) is 6.00. The molecule has 0 spiro atoms. The maximum atomic E-state index is 12.7. The molecule has 6 heteroatoms. The molecule has 1 saturated heterocycles. The Morgan fingerprint density at radius 3 is 2.62 bits per heavy atom. The molecule has 0 aromatic heterocycles. The number of rotatable bonds is 5. The standard InChI is InChI=1S/C20H24N2O4/c23-18(21-11-15(13-5-6-13)16(12-21)20(25)26)9-10-22-17-4-2-1-3-14(17)7-8-19(22)24/h1-4,13,15-16H,5-12H2,(H,25,26)/t15-,16+/m1/s1. The number of carbonyl (C=O) groups is 3. The van der Waals surface area contributed by atoms with Gasteiger partial charge in [-0.1, -0.05) is 18.2 Å². The van der Waals surface area contributed by atoms with E-state index in [0.29, 0.717) is 32.0 Å². The normalized spacial score (nSPS) is 25.3. The van der Waals surface area contributed by atoms with E-state index in [2.05, 4.69) is 0 Å². The topological polar surface area (TPSA) is 77.9 Å². The van der Waals surface area contributed by atoms with Gasteiger partial charge < -0.3 is 14.9 Å². The second-order valence-electron chi connectivity index (χ2n) is 7.67. The Morgan fingerprint density at radius 1 is 1.12 bits per heavy atom. The molecule has 1 aromatic rings. The molecule has 1 aromatic carbocycles. The van der Waals surface area contributed by atoms with Crippen LogP contribution in [0.5, 0.6) is 0 Å². The number of hydrogen-bond acceptors (Lipinski definition) is 3. The van der Waals surface area contributed by atoms with Crippen LogP contribution < -0.4 is 4.90 Å². The summed E-state index contributed by atoms with van der Waals surface area (Å²) in [5, 5.41) is 9.45. The van der Waals surface area contributed by atoms with E-state index >= 15 is 0 Å². The van der Waals surface area contributed by atoms with Crippen LogP contribution in [-0.4, -0.2) is 47.4 Å². The zero-order valence-electron chi connectivity index (χ0n) is 14.8. The average Bonchev–Trinajstić information content (AvgIpc) is 3.38. The number of fused-ring (bicyclic) bond motifs is 1. The molecule has 4 rings (SSSR count). The van der Waals surface area contributed by atoms with Crippen molar-refractivity contribution in [1.29, 1.82) is 0 Å². The monoisotopic (exact) mass is 356 g/mol. The molecule has 2 heterocycles. The number of carboxylic acid groups (broad SMARTS) is 1. The highest BCUT2D eigenvalue weighted by Gasteiger charge is 2.46. The van der Waals surface area contributed by atoms with Gasteiger partial charge in [0.1, 0.15) is 0 Å². The fourth-order valence-electron chi connectivity index (χ4n) is 4.40. The number of aryl methyl sites for hydroxylation is 1. The van der Waals surface area contributed by atoms with E-state index in [-0.39, 0.29) is 24.2 Å². The summed E-state index contributed by atoms with van der Waals surface area (Å²) in [5.74, 6) is -0.674. The first-order valence-corrected chi connectivity index (χ1v) is 9.43. The molecule has 3 aliphatic rings. The molecule has 2 aliphatic heterocycles. The lowest BCUT2D eigenvalue weighted by Gasteiger charge is -2.29. The predicted octanol–water partition coefficient (Wildman–Crippen LogP) is 1.93. The van der Waals surface area contributed by atoms with Crippen molar-refractivity contribution in [2.45, 2.75) is 32.1 Å². The van der Waals surface area contributed by atoms with E-state index in [9.17, 15) is 19.5 Å². The first-order valence-electron chi connectivity index (χ1n) is 9.43. The van der Waals surface area contributed by atoms with Crippen LogP contribution in [0.25, 0.3) is 0 Å². The van der Waals surface area contributed by atoms with Crippen LogP contribution in [0.15, 0.2) is 24.3 Å². The van der Waals surface area contributed by atoms with Gasteiger partial charge in [0.25, 0.3) is 0 Å². The van der Waals surface area contributed by atoms with Crippen molar-refractivity contribution >= 4 is 23.5 Å².